The van der Waals surface area contributed by atoms with Crippen molar-refractivity contribution in [3.8, 4) is 5.75 Å². The van der Waals surface area contributed by atoms with Crippen molar-refractivity contribution in [2.24, 2.45) is 0 Å². The number of ether oxygens (including phenoxy) is 2. The van der Waals surface area contributed by atoms with Gasteiger partial charge in [-0.15, -0.1) is 0 Å². The summed E-state index contributed by atoms with van der Waals surface area (Å²) in [4.78, 5) is 14.5. The van der Waals surface area contributed by atoms with Gasteiger partial charge >= 0.3 is 0 Å². The molecular formula is C28H38N2O3. The van der Waals surface area contributed by atoms with Crippen LogP contribution in [0.5, 0.6) is 5.75 Å². The lowest BCUT2D eigenvalue weighted by Gasteiger charge is -2.33. The molecule has 178 valence electrons. The number of likely N-dealkylation sites (tertiary alicyclic amines) is 1. The molecule has 0 radical (unpaired) electrons. The molecule has 0 unspecified atom stereocenters. The number of nitrogens with zero attached hydrogens (tertiary/aromatic N) is 1. The molecule has 1 saturated heterocycles. The summed E-state index contributed by atoms with van der Waals surface area (Å²) < 4.78 is 11.7. The van der Waals surface area contributed by atoms with E-state index < -0.39 is 0 Å². The smallest absolute Gasteiger partial charge is 0.220 e. The second-order valence-corrected chi connectivity index (χ2v) is 9.63. The number of amides is 1. The molecule has 1 aliphatic carbocycles. The van der Waals surface area contributed by atoms with Crippen molar-refractivity contribution in [3.63, 3.8) is 0 Å². The first kappa shape index (κ1) is 23.8. The van der Waals surface area contributed by atoms with Gasteiger partial charge in [0.25, 0.3) is 0 Å². The fourth-order valence-corrected chi connectivity index (χ4v) is 5.63. The number of methoxy groups -OCH3 is 1. The summed E-state index contributed by atoms with van der Waals surface area (Å²) in [7, 11) is 1.68. The maximum absolute atomic E-state index is 12.4. The van der Waals surface area contributed by atoms with Crippen molar-refractivity contribution < 1.29 is 14.3 Å². The van der Waals surface area contributed by atoms with Gasteiger partial charge in [0.2, 0.25) is 5.91 Å². The fourth-order valence-electron chi connectivity index (χ4n) is 5.63. The lowest BCUT2D eigenvalue weighted by molar-refractivity contribution is -0.133. The fraction of sp³-hybridized carbons (Fsp3) is 0.536. The predicted octanol–water partition coefficient (Wildman–Crippen LogP) is 4.91. The van der Waals surface area contributed by atoms with Crippen LogP contribution in [0.1, 0.15) is 63.0 Å². The van der Waals surface area contributed by atoms with Crippen LogP contribution in [0, 0.1) is 0 Å². The highest BCUT2D eigenvalue weighted by Crippen LogP contribution is 2.34. The molecule has 0 aromatic heterocycles. The Morgan fingerprint density at radius 3 is 2.36 bits per heavy atom. The Bertz CT molecular complexity index is 878. The Hall–Kier alpha value is -2.37. The van der Waals surface area contributed by atoms with Crippen LogP contribution < -0.4 is 10.1 Å². The molecule has 0 spiro atoms. The van der Waals surface area contributed by atoms with Gasteiger partial charge in [-0.1, -0.05) is 42.5 Å². The van der Waals surface area contributed by atoms with Crippen molar-refractivity contribution in [3.05, 3.63) is 65.7 Å². The second-order valence-electron chi connectivity index (χ2n) is 9.63. The lowest BCUT2D eigenvalue weighted by atomic mass is 9.83. The first-order valence-corrected chi connectivity index (χ1v) is 12.4. The molecule has 5 heteroatoms. The van der Waals surface area contributed by atoms with E-state index in [-0.39, 0.29) is 30.1 Å². The topological polar surface area (TPSA) is 50.8 Å². The SMILES string of the molecule is COc1ccc(CN[C@H]2C[C@@H](C)N(C(C)=O)[C@H]2COC2CCC(c3ccccc3)CC2)cc1. The second kappa shape index (κ2) is 11.2. The number of benzene rings is 2. The Balaban J connectivity index is 1.32. The van der Waals surface area contributed by atoms with Gasteiger partial charge < -0.3 is 19.7 Å². The number of hydrogen-bond donors (Lipinski definition) is 1. The van der Waals surface area contributed by atoms with Crippen LogP contribution in [-0.4, -0.2) is 48.8 Å². The van der Waals surface area contributed by atoms with Crippen LogP contribution >= 0.6 is 0 Å². The van der Waals surface area contributed by atoms with E-state index in [0.29, 0.717) is 12.5 Å². The summed E-state index contributed by atoms with van der Waals surface area (Å²) in [6.45, 7) is 5.20. The molecular weight excluding hydrogens is 412 g/mol. The van der Waals surface area contributed by atoms with Gasteiger partial charge in [-0.2, -0.15) is 0 Å². The maximum atomic E-state index is 12.4. The zero-order chi connectivity index (χ0) is 23.2. The predicted molar refractivity (Wildman–Crippen MR) is 131 cm³/mol. The summed E-state index contributed by atoms with van der Waals surface area (Å²) in [5.74, 6) is 1.65. The van der Waals surface area contributed by atoms with Crippen LogP contribution in [0.25, 0.3) is 0 Å². The quantitative estimate of drug-likeness (QED) is 0.621. The van der Waals surface area contributed by atoms with Crippen LogP contribution in [0.15, 0.2) is 54.6 Å². The highest BCUT2D eigenvalue weighted by Gasteiger charge is 2.40. The molecule has 2 aromatic rings. The van der Waals surface area contributed by atoms with Gasteiger partial charge in [0.05, 0.1) is 25.9 Å². The van der Waals surface area contributed by atoms with Crippen molar-refractivity contribution in [1.29, 1.82) is 0 Å². The highest BCUT2D eigenvalue weighted by molar-refractivity contribution is 5.74. The average Bonchev–Trinajstić information content (AvgIpc) is 3.17. The van der Waals surface area contributed by atoms with Gasteiger partial charge in [0.1, 0.15) is 5.75 Å². The highest BCUT2D eigenvalue weighted by atomic mass is 16.5. The Labute approximate surface area is 198 Å². The minimum Gasteiger partial charge on any atom is -0.497 e. The van der Waals surface area contributed by atoms with Crippen molar-refractivity contribution >= 4 is 5.91 Å². The maximum Gasteiger partial charge on any atom is 0.220 e. The Morgan fingerprint density at radius 1 is 1.03 bits per heavy atom. The Morgan fingerprint density at radius 2 is 1.73 bits per heavy atom. The third-order valence-electron chi connectivity index (χ3n) is 7.43. The summed E-state index contributed by atoms with van der Waals surface area (Å²) >= 11 is 0. The molecule has 1 amide bonds. The molecule has 5 nitrogen and oxygen atoms in total. The number of hydrogen-bond acceptors (Lipinski definition) is 4. The van der Waals surface area contributed by atoms with E-state index in [2.05, 4.69) is 54.7 Å². The minimum atomic E-state index is 0.0718. The first-order valence-electron chi connectivity index (χ1n) is 12.4. The van der Waals surface area contributed by atoms with E-state index in [1.807, 2.05) is 17.0 Å². The zero-order valence-corrected chi connectivity index (χ0v) is 20.2. The first-order chi connectivity index (χ1) is 16.0. The molecule has 1 aliphatic heterocycles. The Kier molecular flexibility index (Phi) is 8.05. The van der Waals surface area contributed by atoms with Crippen LogP contribution in [-0.2, 0) is 16.1 Å². The monoisotopic (exact) mass is 450 g/mol. The molecule has 1 saturated carbocycles. The average molecular weight is 451 g/mol. The van der Waals surface area contributed by atoms with Gasteiger partial charge in [-0.25, -0.2) is 0 Å². The van der Waals surface area contributed by atoms with Crippen molar-refractivity contribution in [2.45, 2.75) is 82.6 Å². The number of carbonyl (C=O) groups excluding carboxylic acids is 1. The summed E-state index contributed by atoms with van der Waals surface area (Å²) in [6.07, 6.45) is 5.76. The van der Waals surface area contributed by atoms with E-state index in [1.165, 1.54) is 24.0 Å². The molecule has 2 aromatic carbocycles. The molecule has 2 aliphatic rings. The standard InChI is InChI=1S/C28H38N2O3/c1-20-17-27(29-18-22-9-13-25(32-3)14-10-22)28(30(20)21(2)31)19-33-26-15-11-24(12-16-26)23-7-5-4-6-8-23/h4-10,13-14,20,24,26-29H,11-12,15-19H2,1-3H3/t20-,24?,26?,27+,28+/m1/s1. The third kappa shape index (κ3) is 5.96. The van der Waals surface area contributed by atoms with Crippen molar-refractivity contribution in [1.82, 2.24) is 10.2 Å². The third-order valence-corrected chi connectivity index (χ3v) is 7.43. The van der Waals surface area contributed by atoms with Gasteiger partial charge in [0, 0.05) is 25.6 Å². The van der Waals surface area contributed by atoms with Crippen LogP contribution in [0.2, 0.25) is 0 Å². The largest absolute Gasteiger partial charge is 0.497 e. The molecule has 3 atom stereocenters. The molecule has 2 fully saturated rings. The van der Waals surface area contributed by atoms with E-state index >= 15 is 0 Å². The van der Waals surface area contributed by atoms with E-state index in [9.17, 15) is 4.79 Å². The van der Waals surface area contributed by atoms with E-state index in [0.717, 1.165) is 31.6 Å². The number of carbonyl (C=O) groups is 1. The number of nitrogens with one attached hydrogen (secondary N) is 1. The van der Waals surface area contributed by atoms with E-state index in [4.69, 9.17) is 9.47 Å². The van der Waals surface area contributed by atoms with Crippen molar-refractivity contribution in [2.75, 3.05) is 13.7 Å². The zero-order valence-electron chi connectivity index (χ0n) is 20.2. The van der Waals surface area contributed by atoms with Gasteiger partial charge in [-0.05, 0) is 68.2 Å². The lowest BCUT2D eigenvalue weighted by Crippen LogP contribution is -2.48. The summed E-state index contributed by atoms with van der Waals surface area (Å²) in [5.41, 5.74) is 2.66. The molecule has 33 heavy (non-hydrogen) atoms. The van der Waals surface area contributed by atoms with Crippen LogP contribution in [0.3, 0.4) is 0 Å². The normalized spacial score (nSPS) is 27.5. The molecule has 4 rings (SSSR count). The van der Waals surface area contributed by atoms with E-state index in [1.54, 1.807) is 14.0 Å². The minimum absolute atomic E-state index is 0.0718. The number of rotatable bonds is 8. The van der Waals surface area contributed by atoms with Gasteiger partial charge in [0.15, 0.2) is 0 Å². The molecule has 1 heterocycles. The summed E-state index contributed by atoms with van der Waals surface area (Å²) in [6, 6.07) is 19.5. The van der Waals surface area contributed by atoms with Crippen LogP contribution in [0.4, 0.5) is 0 Å². The molecule has 1 N–H and O–H groups in total. The summed E-state index contributed by atoms with van der Waals surface area (Å²) in [5, 5.41) is 3.70. The van der Waals surface area contributed by atoms with Gasteiger partial charge in [-0.3, -0.25) is 4.79 Å². The molecule has 0 bridgehead atoms.